The largest absolute Gasteiger partial charge is 0.441 e. The Balaban J connectivity index is 1.61. The number of aryl methyl sites for hydroxylation is 2. The zero-order valence-electron chi connectivity index (χ0n) is 17.3. The van der Waals surface area contributed by atoms with E-state index in [0.29, 0.717) is 11.4 Å². The van der Waals surface area contributed by atoms with Crippen molar-refractivity contribution in [2.75, 3.05) is 43.0 Å². The Bertz CT molecular complexity index is 1030. The molecule has 0 radical (unpaired) electrons. The molecule has 0 bridgehead atoms. The first-order valence-electron chi connectivity index (χ1n) is 9.97. The number of thiocarbonyl (C=S) groups is 1. The summed E-state index contributed by atoms with van der Waals surface area (Å²) in [4.78, 5) is 30.7. The number of furan rings is 1. The van der Waals surface area contributed by atoms with Gasteiger partial charge in [0.25, 0.3) is 11.8 Å². The number of quaternary nitrogens is 1. The summed E-state index contributed by atoms with van der Waals surface area (Å²) < 4.78 is 5.92. The van der Waals surface area contributed by atoms with E-state index in [1.54, 1.807) is 6.07 Å². The highest BCUT2D eigenvalue weighted by Crippen LogP contribution is 2.26. The van der Waals surface area contributed by atoms with Crippen molar-refractivity contribution in [1.29, 1.82) is 0 Å². The minimum Gasteiger partial charge on any atom is -0.441 e. The number of nitrogens with zero attached hydrogens (tertiary/aromatic N) is 2. The van der Waals surface area contributed by atoms with Crippen LogP contribution in [0, 0.1) is 13.8 Å². The number of benzene rings is 1. The number of likely N-dealkylation sites (N-methyl/N-ethyl adjacent to an activating group) is 1. The van der Waals surface area contributed by atoms with E-state index in [0.717, 1.165) is 43.2 Å². The van der Waals surface area contributed by atoms with E-state index >= 15 is 0 Å². The van der Waals surface area contributed by atoms with Gasteiger partial charge in [0.2, 0.25) is 0 Å². The number of piperazine rings is 1. The van der Waals surface area contributed by atoms with Gasteiger partial charge in [0.1, 0.15) is 11.3 Å². The lowest BCUT2D eigenvalue weighted by atomic mass is 10.1. The second kappa shape index (κ2) is 8.04. The van der Waals surface area contributed by atoms with Gasteiger partial charge in [-0.25, -0.2) is 0 Å². The lowest BCUT2D eigenvalue weighted by Crippen LogP contribution is -3.12. The molecule has 2 aromatic rings. The van der Waals surface area contributed by atoms with Gasteiger partial charge < -0.3 is 14.2 Å². The second-order valence-electron chi connectivity index (χ2n) is 7.92. The molecule has 4 rings (SSSR count). The van der Waals surface area contributed by atoms with Gasteiger partial charge in [0.05, 0.1) is 38.9 Å². The van der Waals surface area contributed by atoms with Gasteiger partial charge in [-0.15, -0.1) is 0 Å². The average molecular weight is 426 g/mol. The molecule has 1 aromatic heterocycles. The van der Waals surface area contributed by atoms with E-state index < -0.39 is 11.8 Å². The molecule has 30 heavy (non-hydrogen) atoms. The van der Waals surface area contributed by atoms with Gasteiger partial charge in [-0.05, 0) is 61.5 Å². The number of amides is 2. The van der Waals surface area contributed by atoms with E-state index in [2.05, 4.69) is 17.3 Å². The fourth-order valence-corrected chi connectivity index (χ4v) is 4.09. The maximum absolute atomic E-state index is 13.2. The first-order valence-corrected chi connectivity index (χ1v) is 10.4. The molecule has 2 N–H and O–H groups in total. The van der Waals surface area contributed by atoms with Crippen LogP contribution in [0.2, 0.25) is 0 Å². The summed E-state index contributed by atoms with van der Waals surface area (Å²) in [6.07, 6.45) is 1.49. The van der Waals surface area contributed by atoms with Crippen molar-refractivity contribution in [1.82, 2.24) is 5.32 Å². The molecule has 1 aromatic carbocycles. The summed E-state index contributed by atoms with van der Waals surface area (Å²) in [5, 5.41) is 2.69. The Morgan fingerprint density at radius 1 is 1.10 bits per heavy atom. The summed E-state index contributed by atoms with van der Waals surface area (Å²) in [6, 6.07) is 9.41. The van der Waals surface area contributed by atoms with Gasteiger partial charge in [0, 0.05) is 6.07 Å². The summed E-state index contributed by atoms with van der Waals surface area (Å²) in [5.74, 6) is 0.226. The number of anilines is 2. The van der Waals surface area contributed by atoms with E-state index in [1.165, 1.54) is 15.9 Å². The highest BCUT2D eigenvalue weighted by molar-refractivity contribution is 7.80. The lowest BCUT2D eigenvalue weighted by Gasteiger charge is -2.29. The van der Waals surface area contributed by atoms with Crippen LogP contribution in [0.5, 0.6) is 0 Å². The smallest absolute Gasteiger partial charge is 0.270 e. The SMILES string of the molecule is Cc1cc(C)cc(N2C(=O)/C(=C/c3ccc(N4CC[NH+](C)CC4)o3)C(=O)NC2=S)c1. The fourth-order valence-electron chi connectivity index (χ4n) is 3.81. The van der Waals surface area contributed by atoms with Crippen LogP contribution < -0.4 is 20.0 Å². The average Bonchev–Trinajstić information content (AvgIpc) is 3.13. The number of carbonyl (C=O) groups excluding carboxylic acids is 2. The van der Waals surface area contributed by atoms with Crippen LogP contribution in [0.15, 0.2) is 40.3 Å². The van der Waals surface area contributed by atoms with Gasteiger partial charge in [-0.3, -0.25) is 19.8 Å². The van der Waals surface area contributed by atoms with Crippen LogP contribution in [0.1, 0.15) is 16.9 Å². The zero-order chi connectivity index (χ0) is 21.4. The molecule has 2 aliphatic rings. The van der Waals surface area contributed by atoms with Crippen molar-refractivity contribution in [3.63, 3.8) is 0 Å². The van der Waals surface area contributed by atoms with Crippen LogP contribution in [0.25, 0.3) is 6.08 Å². The first-order chi connectivity index (χ1) is 14.3. The Labute approximate surface area is 180 Å². The fraction of sp³-hybridized carbons (Fsp3) is 0.318. The Morgan fingerprint density at radius 2 is 1.77 bits per heavy atom. The zero-order valence-corrected chi connectivity index (χ0v) is 18.1. The minimum atomic E-state index is -0.522. The Morgan fingerprint density at radius 3 is 2.43 bits per heavy atom. The highest BCUT2D eigenvalue weighted by atomic mass is 32.1. The van der Waals surface area contributed by atoms with Crippen molar-refractivity contribution < 1.29 is 18.9 Å². The molecule has 0 aliphatic carbocycles. The van der Waals surface area contributed by atoms with Gasteiger partial charge in [0.15, 0.2) is 11.0 Å². The number of nitrogens with one attached hydrogen (secondary N) is 2. The maximum Gasteiger partial charge on any atom is 0.270 e. The van der Waals surface area contributed by atoms with Gasteiger partial charge in [-0.2, -0.15) is 0 Å². The lowest BCUT2D eigenvalue weighted by molar-refractivity contribution is -0.880. The van der Waals surface area contributed by atoms with Crippen LogP contribution in [0.3, 0.4) is 0 Å². The highest BCUT2D eigenvalue weighted by Gasteiger charge is 2.35. The van der Waals surface area contributed by atoms with Crippen molar-refractivity contribution >= 4 is 46.8 Å². The van der Waals surface area contributed by atoms with Crippen molar-refractivity contribution in [3.05, 3.63) is 52.8 Å². The second-order valence-corrected chi connectivity index (χ2v) is 8.31. The number of carbonyl (C=O) groups is 2. The van der Waals surface area contributed by atoms with Crippen molar-refractivity contribution in [3.8, 4) is 0 Å². The number of hydrogen-bond acceptors (Lipinski definition) is 5. The van der Waals surface area contributed by atoms with E-state index in [-0.39, 0.29) is 10.7 Å². The van der Waals surface area contributed by atoms with Gasteiger partial charge in [-0.1, -0.05) is 6.07 Å². The Hall–Kier alpha value is -2.97. The molecule has 0 atom stereocenters. The maximum atomic E-state index is 13.2. The molecule has 0 spiro atoms. The van der Waals surface area contributed by atoms with E-state index in [4.69, 9.17) is 16.6 Å². The van der Waals surface area contributed by atoms with E-state index in [9.17, 15) is 9.59 Å². The van der Waals surface area contributed by atoms with Crippen molar-refractivity contribution in [2.24, 2.45) is 0 Å². The summed E-state index contributed by atoms with van der Waals surface area (Å²) in [6.45, 7) is 7.80. The molecule has 0 saturated carbocycles. The van der Waals surface area contributed by atoms with Crippen LogP contribution in [-0.4, -0.2) is 50.2 Å². The standard InChI is InChI=1S/C22H24N4O3S/c1-14-10-15(2)12-16(11-14)26-21(28)18(20(27)23-22(26)30)13-17-4-5-19(29-17)25-8-6-24(3)7-9-25/h4-5,10-13H,6-9H2,1-3H3,(H,23,27,30)/p+1/b18-13+. The monoisotopic (exact) mass is 425 g/mol. The van der Waals surface area contributed by atoms with Crippen LogP contribution in [-0.2, 0) is 9.59 Å². The minimum absolute atomic E-state index is 0.00789. The van der Waals surface area contributed by atoms with Crippen molar-refractivity contribution in [2.45, 2.75) is 13.8 Å². The molecular formula is C22H25N4O3S+. The third-order valence-electron chi connectivity index (χ3n) is 5.39. The first kappa shape index (κ1) is 20.3. The normalized spacial score (nSPS) is 19.6. The quantitative estimate of drug-likeness (QED) is 0.437. The molecular weight excluding hydrogens is 400 g/mol. The third-order valence-corrected chi connectivity index (χ3v) is 5.68. The molecule has 0 unspecified atom stereocenters. The molecule has 2 aliphatic heterocycles. The van der Waals surface area contributed by atoms with E-state index in [1.807, 2.05) is 38.1 Å². The summed E-state index contributed by atoms with van der Waals surface area (Å²) >= 11 is 5.28. The van der Waals surface area contributed by atoms with Gasteiger partial charge >= 0.3 is 0 Å². The molecule has 2 amide bonds. The molecule has 3 heterocycles. The molecule has 156 valence electrons. The van der Waals surface area contributed by atoms with Crippen LogP contribution in [0.4, 0.5) is 11.6 Å². The molecule has 2 saturated heterocycles. The number of hydrogen-bond donors (Lipinski definition) is 2. The molecule has 8 heteroatoms. The topological polar surface area (TPSA) is 70.2 Å². The molecule has 2 fully saturated rings. The Kier molecular flexibility index (Phi) is 5.44. The third kappa shape index (κ3) is 4.01. The summed E-state index contributed by atoms with van der Waals surface area (Å²) in [7, 11) is 2.18. The molecule has 7 nitrogen and oxygen atoms in total. The predicted molar refractivity (Wildman–Crippen MR) is 120 cm³/mol. The predicted octanol–water partition coefficient (Wildman–Crippen LogP) is 1.06. The van der Waals surface area contributed by atoms with Crippen LogP contribution >= 0.6 is 12.2 Å². The number of rotatable bonds is 3. The summed E-state index contributed by atoms with van der Waals surface area (Å²) in [5.41, 5.74) is 2.64.